The average molecular weight is 174 g/mol. The number of hydrogen-bond acceptors (Lipinski definition) is 4. The van der Waals surface area contributed by atoms with Crippen LogP contribution in [0.25, 0.3) is 0 Å². The Hall–Kier alpha value is -1.39. The number of esters is 1. The van der Waals surface area contributed by atoms with Gasteiger partial charge in [-0.05, 0) is 6.92 Å². The second kappa shape index (κ2) is 5.29. The largest absolute Gasteiger partial charge is 0.481 e. The van der Waals surface area contributed by atoms with Crippen molar-refractivity contribution in [2.45, 2.75) is 19.8 Å². The van der Waals surface area contributed by atoms with Gasteiger partial charge in [0.2, 0.25) is 0 Å². The SMILES string of the molecule is CC(=O)CC(=O)OCCC(=O)O. The minimum Gasteiger partial charge on any atom is -0.481 e. The standard InChI is InChI=1S/C7H10O5/c1-5(8)4-7(11)12-3-2-6(9)10/h2-4H2,1H3,(H,9,10). The molecule has 0 atom stereocenters. The lowest BCUT2D eigenvalue weighted by atomic mass is 10.3. The monoisotopic (exact) mass is 174 g/mol. The molecular weight excluding hydrogens is 164 g/mol. The molecular formula is C7H10O5. The van der Waals surface area contributed by atoms with Gasteiger partial charge < -0.3 is 9.84 Å². The van der Waals surface area contributed by atoms with Gasteiger partial charge in [-0.3, -0.25) is 14.4 Å². The van der Waals surface area contributed by atoms with Crippen LogP contribution in [-0.2, 0) is 19.1 Å². The van der Waals surface area contributed by atoms with E-state index >= 15 is 0 Å². The van der Waals surface area contributed by atoms with E-state index in [0.29, 0.717) is 0 Å². The van der Waals surface area contributed by atoms with Gasteiger partial charge in [-0.1, -0.05) is 0 Å². The van der Waals surface area contributed by atoms with Crippen molar-refractivity contribution in [1.82, 2.24) is 0 Å². The fourth-order valence-corrected chi connectivity index (χ4v) is 0.506. The molecule has 0 saturated heterocycles. The molecule has 68 valence electrons. The number of carbonyl (C=O) groups is 3. The fourth-order valence-electron chi connectivity index (χ4n) is 0.506. The van der Waals surface area contributed by atoms with E-state index in [0.717, 1.165) is 0 Å². The zero-order valence-corrected chi connectivity index (χ0v) is 6.70. The van der Waals surface area contributed by atoms with Crippen molar-refractivity contribution in [2.75, 3.05) is 6.61 Å². The molecule has 0 saturated carbocycles. The third-order valence-corrected chi connectivity index (χ3v) is 0.972. The highest BCUT2D eigenvalue weighted by molar-refractivity contribution is 5.94. The lowest BCUT2D eigenvalue weighted by Crippen LogP contribution is -2.11. The zero-order chi connectivity index (χ0) is 9.56. The van der Waals surface area contributed by atoms with E-state index < -0.39 is 11.9 Å². The van der Waals surface area contributed by atoms with Crippen molar-refractivity contribution < 1.29 is 24.2 Å². The van der Waals surface area contributed by atoms with Crippen LogP contribution >= 0.6 is 0 Å². The topological polar surface area (TPSA) is 80.7 Å². The molecule has 0 aromatic rings. The van der Waals surface area contributed by atoms with Crippen LogP contribution in [0, 0.1) is 0 Å². The summed E-state index contributed by atoms with van der Waals surface area (Å²) in [5, 5.41) is 8.15. The Labute approximate surface area is 69.3 Å². The molecule has 0 amide bonds. The summed E-state index contributed by atoms with van der Waals surface area (Å²) >= 11 is 0. The van der Waals surface area contributed by atoms with Crippen molar-refractivity contribution in [2.24, 2.45) is 0 Å². The summed E-state index contributed by atoms with van der Waals surface area (Å²) in [7, 11) is 0. The van der Waals surface area contributed by atoms with Gasteiger partial charge in [0, 0.05) is 0 Å². The van der Waals surface area contributed by atoms with Crippen LogP contribution in [-0.4, -0.2) is 29.4 Å². The molecule has 0 rings (SSSR count). The zero-order valence-electron chi connectivity index (χ0n) is 6.70. The lowest BCUT2D eigenvalue weighted by molar-refractivity contribution is -0.147. The normalized spacial score (nSPS) is 9.08. The van der Waals surface area contributed by atoms with Gasteiger partial charge >= 0.3 is 11.9 Å². The first-order valence-electron chi connectivity index (χ1n) is 3.39. The predicted octanol–water partition coefficient (Wildman–Crippen LogP) is -0.0166. The van der Waals surface area contributed by atoms with Gasteiger partial charge in [0.1, 0.15) is 18.8 Å². The maximum atomic E-state index is 10.6. The third-order valence-electron chi connectivity index (χ3n) is 0.972. The average Bonchev–Trinajstić information content (AvgIpc) is 1.84. The molecule has 0 bridgehead atoms. The number of rotatable bonds is 5. The molecule has 0 unspecified atom stereocenters. The lowest BCUT2D eigenvalue weighted by Gasteiger charge is -1.99. The first-order chi connectivity index (χ1) is 5.52. The molecule has 0 aliphatic heterocycles. The molecule has 0 aliphatic rings. The van der Waals surface area contributed by atoms with Crippen LogP contribution in [0.4, 0.5) is 0 Å². The molecule has 0 aromatic carbocycles. The van der Waals surface area contributed by atoms with Crippen LogP contribution in [0.15, 0.2) is 0 Å². The highest BCUT2D eigenvalue weighted by Gasteiger charge is 2.06. The first-order valence-corrected chi connectivity index (χ1v) is 3.39. The highest BCUT2D eigenvalue weighted by atomic mass is 16.5. The van der Waals surface area contributed by atoms with Gasteiger partial charge in [-0.25, -0.2) is 0 Å². The smallest absolute Gasteiger partial charge is 0.313 e. The predicted molar refractivity (Wildman–Crippen MR) is 38.5 cm³/mol. The summed E-state index contributed by atoms with van der Waals surface area (Å²) in [6.45, 7) is 1.08. The van der Waals surface area contributed by atoms with Crippen LogP contribution in [0.3, 0.4) is 0 Å². The number of ether oxygens (including phenoxy) is 1. The van der Waals surface area contributed by atoms with Crippen molar-refractivity contribution >= 4 is 17.7 Å². The Morgan fingerprint density at radius 2 is 1.92 bits per heavy atom. The number of carboxylic acids is 1. The molecule has 5 heteroatoms. The Morgan fingerprint density at radius 3 is 2.33 bits per heavy atom. The van der Waals surface area contributed by atoms with E-state index in [-0.39, 0.29) is 25.2 Å². The van der Waals surface area contributed by atoms with Crippen LogP contribution in [0.2, 0.25) is 0 Å². The molecule has 0 aromatic heterocycles. The van der Waals surface area contributed by atoms with Crippen molar-refractivity contribution in [3.05, 3.63) is 0 Å². The number of hydrogen-bond donors (Lipinski definition) is 1. The second-order valence-electron chi connectivity index (χ2n) is 2.24. The van der Waals surface area contributed by atoms with Crippen molar-refractivity contribution in [1.29, 1.82) is 0 Å². The fraction of sp³-hybridized carbons (Fsp3) is 0.571. The summed E-state index contributed by atoms with van der Waals surface area (Å²) in [5.41, 5.74) is 0. The molecule has 0 aliphatic carbocycles. The minimum atomic E-state index is -1.04. The molecule has 0 fully saturated rings. The van der Waals surface area contributed by atoms with Crippen molar-refractivity contribution in [3.63, 3.8) is 0 Å². The van der Waals surface area contributed by atoms with E-state index in [1.165, 1.54) is 6.92 Å². The van der Waals surface area contributed by atoms with Crippen LogP contribution < -0.4 is 0 Å². The van der Waals surface area contributed by atoms with Gasteiger partial charge in [0.25, 0.3) is 0 Å². The molecule has 12 heavy (non-hydrogen) atoms. The summed E-state index contributed by atoms with van der Waals surface area (Å²) in [6, 6.07) is 0. The third kappa shape index (κ3) is 6.73. The van der Waals surface area contributed by atoms with E-state index in [2.05, 4.69) is 4.74 Å². The van der Waals surface area contributed by atoms with Crippen LogP contribution in [0.5, 0.6) is 0 Å². The summed E-state index contributed by atoms with van der Waals surface area (Å²) in [4.78, 5) is 30.9. The Morgan fingerprint density at radius 1 is 1.33 bits per heavy atom. The molecule has 0 spiro atoms. The van der Waals surface area contributed by atoms with Crippen molar-refractivity contribution in [3.8, 4) is 0 Å². The quantitative estimate of drug-likeness (QED) is 0.468. The minimum absolute atomic E-state index is 0.179. The van der Waals surface area contributed by atoms with E-state index in [1.54, 1.807) is 0 Å². The number of aliphatic carboxylic acids is 1. The first kappa shape index (κ1) is 10.6. The van der Waals surface area contributed by atoms with Gasteiger partial charge in [0.15, 0.2) is 0 Å². The Balaban J connectivity index is 3.44. The second-order valence-corrected chi connectivity index (χ2v) is 2.24. The van der Waals surface area contributed by atoms with E-state index in [4.69, 9.17) is 5.11 Å². The van der Waals surface area contributed by atoms with E-state index in [1.807, 2.05) is 0 Å². The van der Waals surface area contributed by atoms with Gasteiger partial charge in [-0.15, -0.1) is 0 Å². The summed E-state index contributed by atoms with van der Waals surface area (Å²) in [5.74, 6) is -2.01. The molecule has 0 radical (unpaired) electrons. The van der Waals surface area contributed by atoms with Gasteiger partial charge in [-0.2, -0.15) is 0 Å². The van der Waals surface area contributed by atoms with Gasteiger partial charge in [0.05, 0.1) is 6.42 Å². The maximum Gasteiger partial charge on any atom is 0.313 e. The Bertz CT molecular complexity index is 196. The number of Topliss-reactive ketones (excluding diaryl/α,β-unsaturated/α-hetero) is 1. The maximum absolute atomic E-state index is 10.6. The molecule has 0 heterocycles. The number of ketones is 1. The number of carbonyl (C=O) groups excluding carboxylic acids is 2. The molecule has 1 N–H and O–H groups in total. The highest BCUT2D eigenvalue weighted by Crippen LogP contribution is 1.89. The molecule has 5 nitrogen and oxygen atoms in total. The number of carboxylic acid groups (broad SMARTS) is 1. The summed E-state index contributed by atoms with van der Waals surface area (Å²) in [6.07, 6.45) is -0.525. The van der Waals surface area contributed by atoms with Crippen LogP contribution in [0.1, 0.15) is 19.8 Å². The van der Waals surface area contributed by atoms with E-state index in [9.17, 15) is 14.4 Å². The Kier molecular flexibility index (Phi) is 4.67. The summed E-state index contributed by atoms with van der Waals surface area (Å²) < 4.78 is 4.42.